The molecule has 1 unspecified atom stereocenters. The van der Waals surface area contributed by atoms with E-state index in [1.54, 1.807) is 6.92 Å². The van der Waals surface area contributed by atoms with Gasteiger partial charge in [0, 0.05) is 11.6 Å². The van der Waals surface area contributed by atoms with Crippen LogP contribution in [-0.2, 0) is 14.3 Å². The van der Waals surface area contributed by atoms with Gasteiger partial charge in [0.1, 0.15) is 5.82 Å². The van der Waals surface area contributed by atoms with Crippen molar-refractivity contribution >= 4 is 11.9 Å². The topological polar surface area (TPSA) is 52.6 Å². The number of cyclic esters (lactones) is 1. The van der Waals surface area contributed by atoms with Crippen molar-refractivity contribution in [2.75, 3.05) is 0 Å². The SMILES string of the molecule is CC1=CC(OC(=O)c2ccccc2F)OC1=O. The van der Waals surface area contributed by atoms with Crippen LogP contribution >= 0.6 is 0 Å². The fourth-order valence-electron chi connectivity index (χ4n) is 1.36. The zero-order valence-corrected chi connectivity index (χ0v) is 8.98. The van der Waals surface area contributed by atoms with Gasteiger partial charge in [-0.25, -0.2) is 14.0 Å². The quantitative estimate of drug-likeness (QED) is 0.735. The number of carbonyl (C=O) groups excluding carboxylic acids is 2. The number of benzene rings is 1. The molecule has 1 aromatic rings. The Morgan fingerprint density at radius 3 is 2.71 bits per heavy atom. The van der Waals surface area contributed by atoms with E-state index in [4.69, 9.17) is 9.47 Å². The summed E-state index contributed by atoms with van der Waals surface area (Å²) in [6.07, 6.45) is 0.288. The molecule has 0 saturated carbocycles. The van der Waals surface area contributed by atoms with Gasteiger partial charge in [0.25, 0.3) is 6.29 Å². The van der Waals surface area contributed by atoms with Crippen molar-refractivity contribution in [3.8, 4) is 0 Å². The molecule has 1 aliphatic heterocycles. The Labute approximate surface area is 96.6 Å². The van der Waals surface area contributed by atoms with E-state index in [0.29, 0.717) is 5.57 Å². The second-order valence-electron chi connectivity index (χ2n) is 3.51. The first kappa shape index (κ1) is 11.3. The fraction of sp³-hybridized carbons (Fsp3) is 0.167. The van der Waals surface area contributed by atoms with Crippen molar-refractivity contribution in [1.82, 2.24) is 0 Å². The molecular formula is C12H9FO4. The van der Waals surface area contributed by atoms with Crippen LogP contribution < -0.4 is 0 Å². The minimum Gasteiger partial charge on any atom is -0.418 e. The molecule has 0 radical (unpaired) electrons. The second kappa shape index (κ2) is 4.37. The molecule has 0 fully saturated rings. The number of carbonyl (C=O) groups is 2. The molecule has 0 amide bonds. The summed E-state index contributed by atoms with van der Waals surface area (Å²) >= 11 is 0. The Hall–Kier alpha value is -2.17. The molecule has 0 spiro atoms. The van der Waals surface area contributed by atoms with E-state index in [1.807, 2.05) is 0 Å². The molecule has 0 aliphatic carbocycles. The predicted octanol–water partition coefficient (Wildman–Crippen LogP) is 1.81. The molecule has 88 valence electrons. The predicted molar refractivity (Wildman–Crippen MR) is 55.5 cm³/mol. The summed E-state index contributed by atoms with van der Waals surface area (Å²) < 4.78 is 22.8. The zero-order chi connectivity index (χ0) is 12.4. The number of esters is 2. The zero-order valence-electron chi connectivity index (χ0n) is 8.98. The lowest BCUT2D eigenvalue weighted by molar-refractivity contribution is -0.151. The molecule has 1 aromatic carbocycles. The Bertz CT molecular complexity index is 507. The van der Waals surface area contributed by atoms with Gasteiger partial charge in [0.15, 0.2) is 0 Å². The smallest absolute Gasteiger partial charge is 0.344 e. The standard InChI is InChI=1S/C12H9FO4/c1-7-6-10(16-11(7)14)17-12(15)8-4-2-3-5-9(8)13/h2-6,10H,1H3. The Kier molecular flexibility index (Phi) is 2.91. The molecule has 1 heterocycles. The molecule has 0 aromatic heterocycles. The number of rotatable bonds is 2. The van der Waals surface area contributed by atoms with E-state index in [-0.39, 0.29) is 5.56 Å². The van der Waals surface area contributed by atoms with Gasteiger partial charge in [-0.1, -0.05) is 12.1 Å². The first-order chi connectivity index (χ1) is 8.08. The van der Waals surface area contributed by atoms with Crippen LogP contribution in [0.2, 0.25) is 0 Å². The lowest BCUT2D eigenvalue weighted by Crippen LogP contribution is -2.18. The third-order valence-electron chi connectivity index (χ3n) is 2.25. The number of hydrogen-bond acceptors (Lipinski definition) is 4. The second-order valence-corrected chi connectivity index (χ2v) is 3.51. The van der Waals surface area contributed by atoms with Crippen molar-refractivity contribution in [3.63, 3.8) is 0 Å². The first-order valence-corrected chi connectivity index (χ1v) is 4.93. The minimum atomic E-state index is -1.07. The van der Waals surface area contributed by atoms with Crippen LogP contribution in [0.1, 0.15) is 17.3 Å². The van der Waals surface area contributed by atoms with Crippen molar-refractivity contribution in [2.24, 2.45) is 0 Å². The first-order valence-electron chi connectivity index (χ1n) is 4.93. The van der Waals surface area contributed by atoms with Crippen LogP contribution in [0, 0.1) is 5.82 Å². The maximum Gasteiger partial charge on any atom is 0.344 e. The minimum absolute atomic E-state index is 0.193. The average Bonchev–Trinajstić information content (AvgIpc) is 2.58. The Morgan fingerprint density at radius 2 is 2.12 bits per heavy atom. The van der Waals surface area contributed by atoms with Crippen LogP contribution in [0.4, 0.5) is 4.39 Å². The monoisotopic (exact) mass is 236 g/mol. The molecule has 17 heavy (non-hydrogen) atoms. The van der Waals surface area contributed by atoms with Crippen LogP contribution in [-0.4, -0.2) is 18.2 Å². The normalized spacial score (nSPS) is 18.6. The Balaban J connectivity index is 2.09. The molecule has 0 N–H and O–H groups in total. The maximum absolute atomic E-state index is 13.2. The van der Waals surface area contributed by atoms with Crippen LogP contribution in [0.15, 0.2) is 35.9 Å². The van der Waals surface area contributed by atoms with Gasteiger partial charge in [-0.15, -0.1) is 0 Å². The molecule has 0 bridgehead atoms. The van der Waals surface area contributed by atoms with Gasteiger partial charge in [-0.3, -0.25) is 0 Å². The molecular weight excluding hydrogens is 227 g/mol. The summed E-state index contributed by atoms with van der Waals surface area (Å²) in [6, 6.07) is 5.43. The summed E-state index contributed by atoms with van der Waals surface area (Å²) in [5.41, 5.74) is 0.165. The average molecular weight is 236 g/mol. The van der Waals surface area contributed by atoms with Gasteiger partial charge in [0.2, 0.25) is 0 Å². The van der Waals surface area contributed by atoms with Gasteiger partial charge in [-0.2, -0.15) is 0 Å². The van der Waals surface area contributed by atoms with Crippen LogP contribution in [0.25, 0.3) is 0 Å². The highest BCUT2D eigenvalue weighted by molar-refractivity contribution is 5.92. The number of ether oxygens (including phenoxy) is 2. The summed E-state index contributed by atoms with van der Waals surface area (Å²) in [6.45, 7) is 1.54. The van der Waals surface area contributed by atoms with E-state index >= 15 is 0 Å². The summed E-state index contributed by atoms with van der Waals surface area (Å²) in [5.74, 6) is -2.09. The molecule has 4 nitrogen and oxygen atoms in total. The molecule has 1 aliphatic rings. The van der Waals surface area contributed by atoms with Crippen molar-refractivity contribution < 1.29 is 23.5 Å². The van der Waals surface area contributed by atoms with E-state index < -0.39 is 24.0 Å². The number of halogens is 1. The highest BCUT2D eigenvalue weighted by Gasteiger charge is 2.26. The van der Waals surface area contributed by atoms with E-state index in [9.17, 15) is 14.0 Å². The summed E-state index contributed by atoms with van der Waals surface area (Å²) in [4.78, 5) is 22.6. The van der Waals surface area contributed by atoms with Crippen molar-refractivity contribution in [1.29, 1.82) is 0 Å². The highest BCUT2D eigenvalue weighted by atomic mass is 19.1. The van der Waals surface area contributed by atoms with Crippen LogP contribution in [0.3, 0.4) is 0 Å². The Morgan fingerprint density at radius 1 is 1.41 bits per heavy atom. The van der Waals surface area contributed by atoms with Gasteiger partial charge in [0.05, 0.1) is 5.56 Å². The lowest BCUT2D eigenvalue weighted by Gasteiger charge is -2.09. The van der Waals surface area contributed by atoms with E-state index in [2.05, 4.69) is 0 Å². The van der Waals surface area contributed by atoms with Gasteiger partial charge >= 0.3 is 11.9 Å². The molecule has 0 saturated heterocycles. The molecule has 1 atom stereocenters. The van der Waals surface area contributed by atoms with Gasteiger partial charge < -0.3 is 9.47 Å². The molecule has 2 rings (SSSR count). The third-order valence-corrected chi connectivity index (χ3v) is 2.25. The maximum atomic E-state index is 13.2. The fourth-order valence-corrected chi connectivity index (χ4v) is 1.36. The highest BCUT2D eigenvalue weighted by Crippen LogP contribution is 2.16. The largest absolute Gasteiger partial charge is 0.418 e. The summed E-state index contributed by atoms with van der Waals surface area (Å²) in [7, 11) is 0. The number of hydrogen-bond donors (Lipinski definition) is 0. The van der Waals surface area contributed by atoms with Crippen molar-refractivity contribution in [3.05, 3.63) is 47.3 Å². The lowest BCUT2D eigenvalue weighted by atomic mass is 10.2. The summed E-state index contributed by atoms with van der Waals surface area (Å²) in [5, 5.41) is 0. The van der Waals surface area contributed by atoms with E-state index in [1.165, 1.54) is 24.3 Å². The van der Waals surface area contributed by atoms with E-state index in [0.717, 1.165) is 6.07 Å². The van der Waals surface area contributed by atoms with Crippen LogP contribution in [0.5, 0.6) is 0 Å². The van der Waals surface area contributed by atoms with Crippen molar-refractivity contribution in [2.45, 2.75) is 13.2 Å². The van der Waals surface area contributed by atoms with Gasteiger partial charge in [-0.05, 0) is 19.1 Å². The third kappa shape index (κ3) is 2.33. The molecule has 5 heteroatoms.